The molecule has 2 fully saturated rings. The number of amides is 2. The molecule has 2 aliphatic rings. The fraction of sp³-hybridized carbons (Fsp3) is 0.579. The molecule has 1 heterocycles. The zero-order chi connectivity index (χ0) is 17.3. The van der Waals surface area contributed by atoms with Gasteiger partial charge in [0, 0.05) is 24.7 Å². The number of carbonyl (C=O) groups excluding carboxylic acids is 2. The third-order valence-corrected chi connectivity index (χ3v) is 4.87. The van der Waals surface area contributed by atoms with Gasteiger partial charge in [-0.1, -0.05) is 12.1 Å². The summed E-state index contributed by atoms with van der Waals surface area (Å²) in [6.45, 7) is 4.73. The third kappa shape index (κ3) is 3.96. The van der Waals surface area contributed by atoms with Gasteiger partial charge < -0.3 is 15.3 Å². The molecular formula is C19H26N2O3. The van der Waals surface area contributed by atoms with E-state index in [1.165, 1.54) is 0 Å². The topological polar surface area (TPSA) is 69.6 Å². The van der Waals surface area contributed by atoms with Crippen molar-refractivity contribution in [3.8, 4) is 0 Å². The van der Waals surface area contributed by atoms with Gasteiger partial charge in [-0.3, -0.25) is 9.59 Å². The Labute approximate surface area is 143 Å². The summed E-state index contributed by atoms with van der Waals surface area (Å²) in [6, 6.07) is 7.29. The predicted octanol–water partition coefficient (Wildman–Crippen LogP) is 2.50. The number of nitrogens with one attached hydrogen (secondary N) is 1. The third-order valence-electron chi connectivity index (χ3n) is 4.87. The molecule has 5 nitrogen and oxygen atoms in total. The fourth-order valence-corrected chi connectivity index (χ4v) is 3.20. The van der Waals surface area contributed by atoms with Gasteiger partial charge in [-0.2, -0.15) is 0 Å². The lowest BCUT2D eigenvalue weighted by atomic mass is 9.95. The Morgan fingerprint density at radius 3 is 2.62 bits per heavy atom. The monoisotopic (exact) mass is 330 g/mol. The van der Waals surface area contributed by atoms with Crippen LogP contribution in [0.3, 0.4) is 0 Å². The summed E-state index contributed by atoms with van der Waals surface area (Å²) in [5.74, 6) is 0.218. The Bertz CT molecular complexity index is 632. The predicted molar refractivity (Wildman–Crippen MR) is 92.3 cm³/mol. The first-order valence-corrected chi connectivity index (χ1v) is 8.77. The lowest BCUT2D eigenvalue weighted by molar-refractivity contribution is -0.135. The molecule has 1 saturated carbocycles. The number of rotatable bonds is 4. The van der Waals surface area contributed by atoms with Gasteiger partial charge in [-0.15, -0.1) is 0 Å². The van der Waals surface area contributed by atoms with Crippen LogP contribution in [0.1, 0.15) is 45.1 Å². The number of nitrogens with zero attached hydrogens (tertiary/aromatic N) is 1. The SMILES string of the molecule is CC(C)(O)c1cccc(NC(=O)[C@@H]2CCCN(C(=O)C3CC3)C2)c1. The highest BCUT2D eigenvalue weighted by Crippen LogP contribution is 2.32. The second-order valence-electron chi connectivity index (χ2n) is 7.53. The number of hydrogen-bond acceptors (Lipinski definition) is 3. The summed E-state index contributed by atoms with van der Waals surface area (Å²) < 4.78 is 0. The maximum Gasteiger partial charge on any atom is 0.229 e. The number of piperidine rings is 1. The lowest BCUT2D eigenvalue weighted by Crippen LogP contribution is -2.44. The van der Waals surface area contributed by atoms with Crippen molar-refractivity contribution < 1.29 is 14.7 Å². The average Bonchev–Trinajstić information content (AvgIpc) is 3.38. The average molecular weight is 330 g/mol. The van der Waals surface area contributed by atoms with Crippen LogP contribution in [0.4, 0.5) is 5.69 Å². The van der Waals surface area contributed by atoms with E-state index in [9.17, 15) is 14.7 Å². The summed E-state index contributed by atoms with van der Waals surface area (Å²) in [5, 5.41) is 13.0. The van der Waals surface area contributed by atoms with E-state index in [1.54, 1.807) is 19.9 Å². The molecule has 3 rings (SSSR count). The Morgan fingerprint density at radius 2 is 1.96 bits per heavy atom. The molecule has 24 heavy (non-hydrogen) atoms. The molecule has 2 amide bonds. The highest BCUT2D eigenvalue weighted by Gasteiger charge is 2.36. The number of anilines is 1. The number of likely N-dealkylation sites (tertiary alicyclic amines) is 1. The van der Waals surface area contributed by atoms with Crippen LogP contribution in [0, 0.1) is 11.8 Å². The van der Waals surface area contributed by atoms with E-state index in [0.29, 0.717) is 12.2 Å². The van der Waals surface area contributed by atoms with Crippen molar-refractivity contribution in [2.24, 2.45) is 11.8 Å². The van der Waals surface area contributed by atoms with Crippen molar-refractivity contribution >= 4 is 17.5 Å². The standard InChI is InChI=1S/C19H26N2O3/c1-19(2,24)15-6-3-7-16(11-15)20-17(22)14-5-4-10-21(12-14)18(23)13-8-9-13/h3,6-7,11,13-14,24H,4-5,8-10,12H2,1-2H3,(H,20,22)/t14-/m1/s1. The van der Waals surface area contributed by atoms with E-state index in [2.05, 4.69) is 5.32 Å². The van der Waals surface area contributed by atoms with Crippen LogP contribution in [0.25, 0.3) is 0 Å². The van der Waals surface area contributed by atoms with Crippen LogP contribution in [-0.2, 0) is 15.2 Å². The summed E-state index contributed by atoms with van der Waals surface area (Å²) in [7, 11) is 0. The van der Waals surface area contributed by atoms with Crippen molar-refractivity contribution in [3.63, 3.8) is 0 Å². The van der Waals surface area contributed by atoms with E-state index >= 15 is 0 Å². The Hall–Kier alpha value is -1.88. The molecule has 0 spiro atoms. The molecule has 1 aromatic carbocycles. The van der Waals surface area contributed by atoms with E-state index < -0.39 is 5.60 Å². The first kappa shape index (κ1) is 17.0. The maximum atomic E-state index is 12.6. The van der Waals surface area contributed by atoms with Crippen molar-refractivity contribution in [2.75, 3.05) is 18.4 Å². The van der Waals surface area contributed by atoms with Crippen LogP contribution in [-0.4, -0.2) is 34.9 Å². The highest BCUT2D eigenvalue weighted by atomic mass is 16.3. The zero-order valence-electron chi connectivity index (χ0n) is 14.4. The highest BCUT2D eigenvalue weighted by molar-refractivity contribution is 5.93. The van der Waals surface area contributed by atoms with Gasteiger partial charge in [-0.05, 0) is 57.2 Å². The minimum absolute atomic E-state index is 0.0452. The summed E-state index contributed by atoms with van der Waals surface area (Å²) in [5.41, 5.74) is 0.499. The minimum atomic E-state index is -0.945. The molecule has 130 valence electrons. The number of aliphatic hydroxyl groups is 1. The second-order valence-corrected chi connectivity index (χ2v) is 7.53. The van der Waals surface area contributed by atoms with Gasteiger partial charge in [0.15, 0.2) is 0 Å². The van der Waals surface area contributed by atoms with Gasteiger partial charge in [0.1, 0.15) is 0 Å². The van der Waals surface area contributed by atoms with Gasteiger partial charge in [-0.25, -0.2) is 0 Å². The molecule has 1 atom stereocenters. The second kappa shape index (κ2) is 6.55. The van der Waals surface area contributed by atoms with Gasteiger partial charge in [0.05, 0.1) is 11.5 Å². The smallest absolute Gasteiger partial charge is 0.229 e. The maximum absolute atomic E-state index is 12.6. The first-order chi connectivity index (χ1) is 11.3. The Kier molecular flexibility index (Phi) is 4.63. The molecule has 1 aromatic rings. The van der Waals surface area contributed by atoms with E-state index in [4.69, 9.17) is 0 Å². The van der Waals surface area contributed by atoms with Crippen LogP contribution >= 0.6 is 0 Å². The van der Waals surface area contributed by atoms with Crippen LogP contribution in [0.2, 0.25) is 0 Å². The van der Waals surface area contributed by atoms with Gasteiger partial charge >= 0.3 is 0 Å². The largest absolute Gasteiger partial charge is 0.386 e. The number of hydrogen-bond donors (Lipinski definition) is 2. The Balaban J connectivity index is 1.63. The molecule has 0 unspecified atom stereocenters. The molecule has 1 saturated heterocycles. The van der Waals surface area contributed by atoms with Crippen molar-refractivity contribution in [1.82, 2.24) is 4.90 Å². The van der Waals surface area contributed by atoms with Crippen molar-refractivity contribution in [3.05, 3.63) is 29.8 Å². The first-order valence-electron chi connectivity index (χ1n) is 8.77. The summed E-state index contributed by atoms with van der Waals surface area (Å²) in [6.07, 6.45) is 3.68. The van der Waals surface area contributed by atoms with Crippen molar-refractivity contribution in [2.45, 2.75) is 45.1 Å². The molecule has 2 N–H and O–H groups in total. The fourth-order valence-electron chi connectivity index (χ4n) is 3.20. The number of carbonyl (C=O) groups is 2. The summed E-state index contributed by atoms with van der Waals surface area (Å²) in [4.78, 5) is 26.6. The molecule has 0 bridgehead atoms. The van der Waals surface area contributed by atoms with Gasteiger partial charge in [0.2, 0.25) is 11.8 Å². The van der Waals surface area contributed by atoms with E-state index in [-0.39, 0.29) is 23.7 Å². The normalized spacial score (nSPS) is 21.5. The van der Waals surface area contributed by atoms with Gasteiger partial charge in [0.25, 0.3) is 0 Å². The number of benzene rings is 1. The molecule has 0 aromatic heterocycles. The minimum Gasteiger partial charge on any atom is -0.386 e. The van der Waals surface area contributed by atoms with Crippen molar-refractivity contribution in [1.29, 1.82) is 0 Å². The molecule has 1 aliphatic heterocycles. The molecule has 5 heteroatoms. The van der Waals surface area contributed by atoms with E-state index in [1.807, 2.05) is 23.1 Å². The Morgan fingerprint density at radius 1 is 1.21 bits per heavy atom. The quantitative estimate of drug-likeness (QED) is 0.891. The molecular weight excluding hydrogens is 304 g/mol. The molecule has 1 aliphatic carbocycles. The summed E-state index contributed by atoms with van der Waals surface area (Å²) >= 11 is 0. The van der Waals surface area contributed by atoms with Crippen LogP contribution in [0.5, 0.6) is 0 Å². The van der Waals surface area contributed by atoms with Crippen LogP contribution in [0.15, 0.2) is 24.3 Å². The zero-order valence-corrected chi connectivity index (χ0v) is 14.4. The van der Waals surface area contributed by atoms with Crippen LogP contribution < -0.4 is 5.32 Å². The molecule has 0 radical (unpaired) electrons. The lowest BCUT2D eigenvalue weighted by Gasteiger charge is -2.32. The van der Waals surface area contributed by atoms with E-state index in [0.717, 1.165) is 37.8 Å².